The van der Waals surface area contributed by atoms with Gasteiger partial charge in [-0.05, 0) is 43.2 Å². The largest absolute Gasteiger partial charge is 0.462 e. The van der Waals surface area contributed by atoms with Crippen molar-refractivity contribution in [3.63, 3.8) is 0 Å². The predicted molar refractivity (Wildman–Crippen MR) is 112 cm³/mol. The van der Waals surface area contributed by atoms with Crippen molar-refractivity contribution < 1.29 is 19.2 Å². The van der Waals surface area contributed by atoms with Crippen molar-refractivity contribution in [2.75, 3.05) is 12.0 Å². The average molecular weight is 427 g/mol. The fourth-order valence-corrected chi connectivity index (χ4v) is 3.64. The van der Waals surface area contributed by atoms with Gasteiger partial charge in [0.1, 0.15) is 16.0 Å². The summed E-state index contributed by atoms with van der Waals surface area (Å²) in [5, 5.41) is 11.3. The number of thiophene rings is 1. The summed E-state index contributed by atoms with van der Waals surface area (Å²) in [6, 6.07) is 5.78. The number of aromatic nitrogens is 2. The molecule has 0 aliphatic heterocycles. The minimum absolute atomic E-state index is 0.0284. The molecule has 3 aromatic rings. The molecule has 0 unspecified atom stereocenters. The molecular weight excluding hydrogens is 410 g/mol. The van der Waals surface area contributed by atoms with Crippen LogP contribution in [0.5, 0.6) is 0 Å². The summed E-state index contributed by atoms with van der Waals surface area (Å²) in [7, 11) is 0. The maximum absolute atomic E-state index is 12.1. The molecule has 30 heavy (non-hydrogen) atoms. The molecule has 0 fully saturated rings. The molecule has 2 aromatic heterocycles. The Hall–Kier alpha value is -3.86. The standard InChI is InChI=1S/C19H17N5O5S/c1-3-29-19(26)16-11(2)15-17(20-10-21-18(15)30-16)23-22-14(25)9-6-12-4-7-13(8-5-12)24(27)28/h4-10H,3H2,1-2H3,(H,22,25)(H,20,21,23)/b9-6+. The number of hydrazine groups is 1. The Balaban J connectivity index is 1.71. The summed E-state index contributed by atoms with van der Waals surface area (Å²) in [6.45, 7) is 3.75. The number of nitro groups is 1. The summed E-state index contributed by atoms with van der Waals surface area (Å²) >= 11 is 1.19. The van der Waals surface area contributed by atoms with Gasteiger partial charge in [0, 0.05) is 18.2 Å². The number of carbonyl (C=O) groups is 2. The van der Waals surface area contributed by atoms with Crippen LogP contribution in [-0.2, 0) is 9.53 Å². The number of aryl methyl sites for hydroxylation is 1. The summed E-state index contributed by atoms with van der Waals surface area (Å²) in [4.78, 5) is 43.7. The number of esters is 1. The van der Waals surface area contributed by atoms with Crippen LogP contribution < -0.4 is 10.9 Å². The second-order valence-electron chi connectivity index (χ2n) is 5.98. The Morgan fingerprint density at radius 3 is 2.67 bits per heavy atom. The van der Waals surface area contributed by atoms with Gasteiger partial charge in [0.15, 0.2) is 5.82 Å². The van der Waals surface area contributed by atoms with E-state index in [0.29, 0.717) is 32.0 Å². The molecule has 0 bridgehead atoms. The van der Waals surface area contributed by atoms with Crippen LogP contribution in [0.3, 0.4) is 0 Å². The lowest BCUT2D eigenvalue weighted by Gasteiger charge is -2.07. The third-order valence-corrected chi connectivity index (χ3v) is 5.20. The number of carbonyl (C=O) groups excluding carboxylic acids is 2. The number of nitrogens with one attached hydrogen (secondary N) is 2. The first-order valence-corrected chi connectivity index (χ1v) is 9.62. The van der Waals surface area contributed by atoms with Crippen molar-refractivity contribution in [1.29, 1.82) is 0 Å². The number of rotatable bonds is 7. The highest BCUT2D eigenvalue weighted by molar-refractivity contribution is 7.20. The second-order valence-corrected chi connectivity index (χ2v) is 6.97. The van der Waals surface area contributed by atoms with Crippen LogP contribution in [0.1, 0.15) is 27.7 Å². The van der Waals surface area contributed by atoms with E-state index in [0.717, 1.165) is 0 Å². The molecule has 0 saturated heterocycles. The lowest BCUT2D eigenvalue weighted by Crippen LogP contribution is -2.28. The van der Waals surface area contributed by atoms with E-state index in [2.05, 4.69) is 20.8 Å². The summed E-state index contributed by atoms with van der Waals surface area (Å²) in [6.07, 6.45) is 4.12. The molecule has 1 amide bonds. The molecule has 154 valence electrons. The smallest absolute Gasteiger partial charge is 0.348 e. The molecule has 0 saturated carbocycles. The summed E-state index contributed by atoms with van der Waals surface area (Å²) in [5.74, 6) is -0.543. The van der Waals surface area contributed by atoms with Gasteiger partial charge >= 0.3 is 5.97 Å². The summed E-state index contributed by atoms with van der Waals surface area (Å²) < 4.78 is 5.06. The second kappa shape index (κ2) is 9.09. The minimum atomic E-state index is -0.494. The lowest BCUT2D eigenvalue weighted by atomic mass is 10.2. The molecule has 0 radical (unpaired) electrons. The van der Waals surface area contributed by atoms with Crippen LogP contribution in [0.4, 0.5) is 11.5 Å². The van der Waals surface area contributed by atoms with E-state index in [1.165, 1.54) is 54.1 Å². The van der Waals surface area contributed by atoms with Crippen LogP contribution in [0.25, 0.3) is 16.3 Å². The molecule has 1 aromatic carbocycles. The quantitative estimate of drug-likeness (QED) is 0.254. The van der Waals surface area contributed by atoms with Crippen molar-refractivity contribution in [3.05, 3.63) is 62.8 Å². The van der Waals surface area contributed by atoms with Crippen LogP contribution in [0.2, 0.25) is 0 Å². The third kappa shape index (κ3) is 4.58. The van der Waals surface area contributed by atoms with Gasteiger partial charge in [-0.3, -0.25) is 25.8 Å². The van der Waals surface area contributed by atoms with Gasteiger partial charge in [0.05, 0.1) is 16.9 Å². The molecule has 11 heteroatoms. The van der Waals surface area contributed by atoms with Gasteiger partial charge in [-0.15, -0.1) is 11.3 Å². The molecule has 3 rings (SSSR count). The Labute approximate surface area is 174 Å². The first kappa shape index (κ1) is 20.9. The number of hydrogen-bond acceptors (Lipinski definition) is 9. The number of hydrogen-bond donors (Lipinski definition) is 2. The molecule has 10 nitrogen and oxygen atoms in total. The number of ether oxygens (including phenoxy) is 1. The normalized spacial score (nSPS) is 10.9. The number of benzene rings is 1. The van der Waals surface area contributed by atoms with Crippen LogP contribution >= 0.6 is 11.3 Å². The predicted octanol–water partition coefficient (Wildman–Crippen LogP) is 3.24. The van der Waals surface area contributed by atoms with Crippen molar-refractivity contribution in [2.24, 2.45) is 0 Å². The van der Waals surface area contributed by atoms with E-state index >= 15 is 0 Å². The van der Waals surface area contributed by atoms with E-state index in [1.54, 1.807) is 13.8 Å². The van der Waals surface area contributed by atoms with Gasteiger partial charge in [0.25, 0.3) is 11.6 Å². The first-order chi connectivity index (χ1) is 14.4. The highest BCUT2D eigenvalue weighted by Crippen LogP contribution is 2.33. The lowest BCUT2D eigenvalue weighted by molar-refractivity contribution is -0.384. The van der Waals surface area contributed by atoms with E-state index in [1.807, 2.05) is 0 Å². The van der Waals surface area contributed by atoms with E-state index < -0.39 is 16.8 Å². The number of anilines is 1. The minimum Gasteiger partial charge on any atom is -0.462 e. The van der Waals surface area contributed by atoms with Gasteiger partial charge in [-0.25, -0.2) is 14.8 Å². The number of non-ortho nitro benzene ring substituents is 1. The molecule has 2 heterocycles. The van der Waals surface area contributed by atoms with E-state index in [9.17, 15) is 19.7 Å². The van der Waals surface area contributed by atoms with Crippen LogP contribution in [-0.4, -0.2) is 33.4 Å². The fourth-order valence-electron chi connectivity index (χ4n) is 2.60. The Bertz CT molecular complexity index is 1140. The number of amides is 1. The number of fused-ring (bicyclic) bond motifs is 1. The Morgan fingerprint density at radius 2 is 2.00 bits per heavy atom. The fraction of sp³-hybridized carbons (Fsp3) is 0.158. The van der Waals surface area contributed by atoms with Crippen molar-refractivity contribution >= 4 is 51.0 Å². The zero-order chi connectivity index (χ0) is 21.7. The number of nitrogens with zero attached hydrogens (tertiary/aromatic N) is 3. The zero-order valence-electron chi connectivity index (χ0n) is 16.0. The van der Waals surface area contributed by atoms with Crippen molar-refractivity contribution in [2.45, 2.75) is 13.8 Å². The molecular formula is C19H17N5O5S. The first-order valence-electron chi connectivity index (χ1n) is 8.80. The molecule has 0 spiro atoms. The van der Waals surface area contributed by atoms with E-state index in [-0.39, 0.29) is 12.3 Å². The summed E-state index contributed by atoms with van der Waals surface area (Å²) in [5.41, 5.74) is 6.50. The van der Waals surface area contributed by atoms with Crippen molar-refractivity contribution in [1.82, 2.24) is 15.4 Å². The highest BCUT2D eigenvalue weighted by atomic mass is 32.1. The van der Waals surface area contributed by atoms with Crippen LogP contribution in [0.15, 0.2) is 36.7 Å². The maximum Gasteiger partial charge on any atom is 0.348 e. The van der Waals surface area contributed by atoms with E-state index in [4.69, 9.17) is 4.74 Å². The molecule has 0 aliphatic rings. The Morgan fingerprint density at radius 1 is 1.27 bits per heavy atom. The Kier molecular flexibility index (Phi) is 6.32. The van der Waals surface area contributed by atoms with Gasteiger partial charge < -0.3 is 4.74 Å². The van der Waals surface area contributed by atoms with Gasteiger partial charge in [0.2, 0.25) is 0 Å². The average Bonchev–Trinajstić information content (AvgIpc) is 3.08. The van der Waals surface area contributed by atoms with Crippen molar-refractivity contribution in [3.8, 4) is 0 Å². The highest BCUT2D eigenvalue weighted by Gasteiger charge is 2.20. The molecule has 2 N–H and O–H groups in total. The topological polar surface area (TPSA) is 136 Å². The SMILES string of the molecule is CCOC(=O)c1sc2ncnc(NNC(=O)/C=C/c3ccc([N+](=O)[O-])cc3)c2c1C. The number of nitro benzene ring substituents is 1. The molecule has 0 aliphatic carbocycles. The monoisotopic (exact) mass is 427 g/mol. The van der Waals surface area contributed by atoms with Crippen LogP contribution in [0, 0.1) is 17.0 Å². The molecule has 0 atom stereocenters. The van der Waals surface area contributed by atoms with Gasteiger partial charge in [-0.2, -0.15) is 0 Å². The zero-order valence-corrected chi connectivity index (χ0v) is 16.9. The van der Waals surface area contributed by atoms with Gasteiger partial charge in [-0.1, -0.05) is 0 Å². The third-order valence-electron chi connectivity index (χ3n) is 4.02. The maximum atomic E-state index is 12.1.